The molecule has 33 heavy (non-hydrogen) atoms. The third-order valence-corrected chi connectivity index (χ3v) is 5.20. The molecular formula is C25H24ClN3O4. The van der Waals surface area contributed by atoms with Crippen LogP contribution in [0, 0.1) is 20.8 Å². The number of nitrogens with one attached hydrogen (secondary N) is 1. The normalized spacial score (nSPS) is 10.8. The van der Waals surface area contributed by atoms with Gasteiger partial charge in [0.05, 0.1) is 18.1 Å². The minimum atomic E-state index is -0.376. The first-order valence-electron chi connectivity index (χ1n) is 10.4. The van der Waals surface area contributed by atoms with E-state index in [9.17, 15) is 4.79 Å². The largest absolute Gasteiger partial charge is 0.485 e. The first-order valence-corrected chi connectivity index (χ1v) is 10.8. The van der Waals surface area contributed by atoms with Crippen molar-refractivity contribution in [2.75, 3.05) is 5.32 Å². The molecule has 1 N–H and O–H groups in total. The molecule has 0 aliphatic carbocycles. The highest BCUT2D eigenvalue weighted by Gasteiger charge is 2.13. The van der Waals surface area contributed by atoms with E-state index in [-0.39, 0.29) is 25.0 Å². The minimum Gasteiger partial charge on any atom is -0.485 e. The number of carbonyl (C=O) groups is 1. The fourth-order valence-electron chi connectivity index (χ4n) is 3.29. The molecule has 0 fully saturated rings. The van der Waals surface area contributed by atoms with E-state index in [2.05, 4.69) is 16.5 Å². The second kappa shape index (κ2) is 9.83. The Bertz CT molecular complexity index is 1280. The van der Waals surface area contributed by atoms with Crippen LogP contribution in [0.4, 0.5) is 5.69 Å². The van der Waals surface area contributed by atoms with E-state index in [1.165, 1.54) is 5.56 Å². The Morgan fingerprint density at radius 3 is 2.58 bits per heavy atom. The first kappa shape index (κ1) is 22.5. The van der Waals surface area contributed by atoms with E-state index in [1.54, 1.807) is 41.3 Å². The van der Waals surface area contributed by atoms with Crippen molar-refractivity contribution in [3.05, 3.63) is 94.2 Å². The maximum absolute atomic E-state index is 12.5. The van der Waals surface area contributed by atoms with Crippen LogP contribution in [0.3, 0.4) is 0 Å². The van der Waals surface area contributed by atoms with Crippen LogP contribution in [-0.4, -0.2) is 15.7 Å². The number of aryl methyl sites for hydroxylation is 3. The lowest BCUT2D eigenvalue weighted by molar-refractivity contribution is 0.0992. The van der Waals surface area contributed by atoms with Gasteiger partial charge in [-0.1, -0.05) is 29.3 Å². The number of rotatable bonds is 8. The van der Waals surface area contributed by atoms with Crippen molar-refractivity contribution in [3.8, 4) is 11.5 Å². The number of furan rings is 1. The number of halogens is 1. The maximum Gasteiger partial charge on any atom is 0.291 e. The highest BCUT2D eigenvalue weighted by Crippen LogP contribution is 2.23. The highest BCUT2D eigenvalue weighted by molar-refractivity contribution is 6.30. The third-order valence-electron chi connectivity index (χ3n) is 4.97. The van der Waals surface area contributed by atoms with Gasteiger partial charge in [0.15, 0.2) is 12.5 Å². The average Bonchev–Trinajstić information content (AvgIpc) is 3.42. The quantitative estimate of drug-likeness (QED) is 0.349. The van der Waals surface area contributed by atoms with Crippen molar-refractivity contribution in [2.24, 2.45) is 0 Å². The van der Waals surface area contributed by atoms with Gasteiger partial charge >= 0.3 is 0 Å². The molecule has 0 bridgehead atoms. The second-order valence-corrected chi connectivity index (χ2v) is 8.17. The van der Waals surface area contributed by atoms with Crippen LogP contribution in [-0.2, 0) is 13.3 Å². The van der Waals surface area contributed by atoms with Crippen LogP contribution in [0.2, 0.25) is 5.02 Å². The fraction of sp³-hybridized carbons (Fsp3) is 0.200. The van der Waals surface area contributed by atoms with Crippen LogP contribution in [0.1, 0.15) is 33.0 Å². The van der Waals surface area contributed by atoms with Gasteiger partial charge in [-0.15, -0.1) is 0 Å². The van der Waals surface area contributed by atoms with Crippen LogP contribution in [0.5, 0.6) is 11.5 Å². The van der Waals surface area contributed by atoms with Gasteiger partial charge in [0.25, 0.3) is 5.91 Å². The Morgan fingerprint density at radius 2 is 1.79 bits per heavy atom. The van der Waals surface area contributed by atoms with Gasteiger partial charge in [-0.05, 0) is 68.3 Å². The summed E-state index contributed by atoms with van der Waals surface area (Å²) in [4.78, 5) is 12.5. The Labute approximate surface area is 196 Å². The van der Waals surface area contributed by atoms with Crippen molar-refractivity contribution in [1.29, 1.82) is 0 Å². The molecule has 2 aromatic carbocycles. The lowest BCUT2D eigenvalue weighted by Gasteiger charge is -2.09. The zero-order valence-corrected chi connectivity index (χ0v) is 19.3. The molecule has 0 radical (unpaired) electrons. The van der Waals surface area contributed by atoms with Gasteiger partial charge in [0.1, 0.15) is 23.9 Å². The van der Waals surface area contributed by atoms with Gasteiger partial charge in [-0.2, -0.15) is 5.10 Å². The SMILES string of the molecule is Cc1ccc(OCn2cc(NC(=O)c3ccc(COc4ccc(Cl)cc4C)o3)cn2)c(C)c1. The first-order chi connectivity index (χ1) is 15.9. The Kier molecular flexibility index (Phi) is 6.70. The summed E-state index contributed by atoms with van der Waals surface area (Å²) in [7, 11) is 0. The Hall–Kier alpha value is -3.71. The van der Waals surface area contributed by atoms with E-state index < -0.39 is 0 Å². The number of nitrogens with zero attached hydrogens (tertiary/aromatic N) is 2. The maximum atomic E-state index is 12.5. The summed E-state index contributed by atoms with van der Waals surface area (Å²) in [5.41, 5.74) is 3.69. The molecule has 2 aromatic heterocycles. The molecule has 170 valence electrons. The van der Waals surface area contributed by atoms with Gasteiger partial charge in [-0.25, -0.2) is 4.68 Å². The zero-order valence-electron chi connectivity index (χ0n) is 18.6. The zero-order chi connectivity index (χ0) is 23.4. The van der Waals surface area contributed by atoms with Gasteiger partial charge in [0.2, 0.25) is 0 Å². The molecule has 0 atom stereocenters. The predicted octanol–water partition coefficient (Wildman–Crippen LogP) is 5.92. The molecule has 8 heteroatoms. The van der Waals surface area contributed by atoms with E-state index in [0.29, 0.717) is 22.2 Å². The molecular weight excluding hydrogens is 442 g/mol. The van der Waals surface area contributed by atoms with Crippen LogP contribution in [0.25, 0.3) is 0 Å². The smallest absolute Gasteiger partial charge is 0.291 e. The summed E-state index contributed by atoms with van der Waals surface area (Å²) >= 11 is 5.97. The van der Waals surface area contributed by atoms with E-state index >= 15 is 0 Å². The van der Waals surface area contributed by atoms with Crippen LogP contribution in [0.15, 0.2) is 65.3 Å². The van der Waals surface area contributed by atoms with Crippen molar-refractivity contribution in [1.82, 2.24) is 9.78 Å². The second-order valence-electron chi connectivity index (χ2n) is 7.73. The van der Waals surface area contributed by atoms with Gasteiger partial charge in [0, 0.05) is 5.02 Å². The Morgan fingerprint density at radius 1 is 1.03 bits per heavy atom. The van der Waals surface area contributed by atoms with Crippen LogP contribution < -0.4 is 14.8 Å². The summed E-state index contributed by atoms with van der Waals surface area (Å²) in [6, 6.07) is 14.7. The highest BCUT2D eigenvalue weighted by atomic mass is 35.5. The summed E-state index contributed by atoms with van der Waals surface area (Å²) in [6.07, 6.45) is 3.25. The van der Waals surface area contributed by atoms with Gasteiger partial charge in [-0.3, -0.25) is 4.79 Å². The van der Waals surface area contributed by atoms with E-state index in [1.807, 2.05) is 39.0 Å². The average molecular weight is 466 g/mol. The number of aromatic nitrogens is 2. The van der Waals surface area contributed by atoms with Crippen molar-refractivity contribution >= 4 is 23.2 Å². The molecule has 0 saturated carbocycles. The minimum absolute atomic E-state index is 0.181. The number of ether oxygens (including phenoxy) is 2. The summed E-state index contributed by atoms with van der Waals surface area (Å²) in [5, 5.41) is 7.65. The summed E-state index contributed by atoms with van der Waals surface area (Å²) in [5.74, 6) is 1.84. The third kappa shape index (κ3) is 5.75. The molecule has 4 rings (SSSR count). The molecule has 0 saturated heterocycles. The number of hydrogen-bond donors (Lipinski definition) is 1. The predicted molar refractivity (Wildman–Crippen MR) is 126 cm³/mol. The van der Waals surface area contributed by atoms with E-state index in [4.69, 9.17) is 25.5 Å². The molecule has 0 aliphatic rings. The monoisotopic (exact) mass is 465 g/mol. The molecule has 0 aliphatic heterocycles. The lowest BCUT2D eigenvalue weighted by atomic mass is 10.1. The Balaban J connectivity index is 1.30. The number of amides is 1. The molecule has 0 spiro atoms. The number of hydrogen-bond acceptors (Lipinski definition) is 5. The van der Waals surface area contributed by atoms with Crippen molar-refractivity contribution < 1.29 is 18.7 Å². The number of benzene rings is 2. The van der Waals surface area contributed by atoms with Gasteiger partial charge < -0.3 is 19.2 Å². The molecule has 1 amide bonds. The van der Waals surface area contributed by atoms with E-state index in [0.717, 1.165) is 16.9 Å². The molecule has 2 heterocycles. The van der Waals surface area contributed by atoms with Crippen LogP contribution >= 0.6 is 11.6 Å². The summed E-state index contributed by atoms with van der Waals surface area (Å²) in [6.45, 7) is 6.37. The number of carbonyl (C=O) groups excluding carboxylic acids is 1. The van der Waals surface area contributed by atoms with Crippen molar-refractivity contribution in [2.45, 2.75) is 34.1 Å². The number of anilines is 1. The summed E-state index contributed by atoms with van der Waals surface area (Å²) < 4.78 is 18.8. The molecule has 4 aromatic rings. The fourth-order valence-corrected chi connectivity index (χ4v) is 3.52. The molecule has 0 unspecified atom stereocenters. The molecule has 7 nitrogen and oxygen atoms in total. The topological polar surface area (TPSA) is 78.5 Å². The standard InChI is InChI=1S/C25H24ClN3O4/c1-16-4-7-23(17(2)10-16)32-15-29-13-20(12-27-29)28-25(30)24-9-6-21(33-24)14-31-22-8-5-19(26)11-18(22)3/h4-13H,14-15H2,1-3H3,(H,28,30). The lowest BCUT2D eigenvalue weighted by Crippen LogP contribution is -2.10. The van der Waals surface area contributed by atoms with Crippen molar-refractivity contribution in [3.63, 3.8) is 0 Å².